The van der Waals surface area contributed by atoms with Gasteiger partial charge in [0, 0.05) is 19.6 Å². The Hall–Kier alpha value is -2.42. The van der Waals surface area contributed by atoms with E-state index in [9.17, 15) is 0 Å². The van der Waals surface area contributed by atoms with Crippen LogP contribution in [0.2, 0.25) is 0 Å². The summed E-state index contributed by atoms with van der Waals surface area (Å²) in [7, 11) is 0. The van der Waals surface area contributed by atoms with Crippen molar-refractivity contribution < 1.29 is 0 Å². The molecule has 0 spiro atoms. The van der Waals surface area contributed by atoms with Crippen LogP contribution in [-0.4, -0.2) is 0 Å². The van der Waals surface area contributed by atoms with E-state index in [1.54, 1.807) is 16.0 Å². The minimum atomic E-state index is 1.20. The summed E-state index contributed by atoms with van der Waals surface area (Å²) in [5, 5.41) is 2.82. The lowest BCUT2D eigenvalue weighted by molar-refractivity contribution is 0.831. The van der Waals surface area contributed by atoms with Crippen LogP contribution in [0.5, 0.6) is 0 Å². The maximum atomic E-state index is 2.34. The molecule has 7 rings (SSSR count). The number of hydrogen-bond acceptors (Lipinski definition) is 2. The van der Waals surface area contributed by atoms with Gasteiger partial charge in [0.15, 0.2) is 0 Å². The van der Waals surface area contributed by atoms with Crippen LogP contribution in [0.1, 0.15) is 43.2 Å². The van der Waals surface area contributed by atoms with E-state index in [4.69, 9.17) is 0 Å². The Morgan fingerprint density at radius 1 is 0.625 bits per heavy atom. The van der Waals surface area contributed by atoms with Gasteiger partial charge in [-0.15, -0.1) is 0 Å². The molecule has 0 fully saturated rings. The van der Waals surface area contributed by atoms with Crippen LogP contribution in [0.25, 0.3) is 16.3 Å². The van der Waals surface area contributed by atoms with E-state index < -0.39 is 0 Å². The lowest BCUT2D eigenvalue weighted by Crippen LogP contribution is -2.06. The van der Waals surface area contributed by atoms with Gasteiger partial charge >= 0.3 is 0 Å². The highest BCUT2D eigenvalue weighted by Crippen LogP contribution is 2.49. The molecule has 0 atom stereocenters. The van der Waals surface area contributed by atoms with Crippen molar-refractivity contribution in [2.75, 3.05) is 0 Å². The molecule has 32 heavy (non-hydrogen) atoms. The van der Waals surface area contributed by atoms with E-state index in [-0.39, 0.29) is 0 Å². The summed E-state index contributed by atoms with van der Waals surface area (Å²) in [4.78, 5) is 5.84. The Bertz CT molecular complexity index is 1320. The van der Waals surface area contributed by atoms with Crippen LogP contribution in [0.3, 0.4) is 0 Å². The summed E-state index contributed by atoms with van der Waals surface area (Å²) in [6.07, 6.45) is 16.6. The van der Waals surface area contributed by atoms with Crippen LogP contribution in [-0.2, 0) is 6.42 Å². The minimum Gasteiger partial charge on any atom is -0.0922 e. The Morgan fingerprint density at radius 3 is 2.34 bits per heavy atom. The van der Waals surface area contributed by atoms with E-state index in [2.05, 4.69) is 85.0 Å². The second-order valence-corrected chi connectivity index (χ2v) is 10.9. The second kappa shape index (κ2) is 8.84. The molecule has 1 heterocycles. The van der Waals surface area contributed by atoms with Crippen molar-refractivity contribution in [1.29, 1.82) is 0 Å². The van der Waals surface area contributed by atoms with Gasteiger partial charge in [0.1, 0.15) is 0 Å². The largest absolute Gasteiger partial charge is 0.0922 e. The van der Waals surface area contributed by atoms with Crippen LogP contribution >= 0.6 is 23.5 Å². The maximum Gasteiger partial charge on any atom is 0.0262 e. The minimum absolute atomic E-state index is 1.20. The molecule has 0 amide bonds. The van der Waals surface area contributed by atoms with E-state index in [0.717, 1.165) is 0 Å². The topological polar surface area (TPSA) is 0 Å². The van der Waals surface area contributed by atoms with E-state index in [0.29, 0.717) is 0 Å². The van der Waals surface area contributed by atoms with Crippen LogP contribution < -0.4 is 0 Å². The van der Waals surface area contributed by atoms with E-state index in [1.165, 1.54) is 75.1 Å². The van der Waals surface area contributed by atoms with Gasteiger partial charge in [-0.3, -0.25) is 0 Å². The second-order valence-electron chi connectivity index (χ2n) is 8.65. The number of fused-ring (bicyclic) bond motifs is 5. The van der Waals surface area contributed by atoms with Crippen molar-refractivity contribution in [3.63, 3.8) is 0 Å². The zero-order valence-electron chi connectivity index (χ0n) is 18.1. The number of hydrogen-bond donors (Lipinski definition) is 0. The molecule has 3 aromatic carbocycles. The van der Waals surface area contributed by atoms with Gasteiger partial charge in [-0.05, 0) is 78.1 Å². The molecule has 0 nitrogen and oxygen atoms in total. The Labute approximate surface area is 199 Å². The van der Waals surface area contributed by atoms with Crippen LogP contribution in [0.4, 0.5) is 0 Å². The summed E-state index contributed by atoms with van der Waals surface area (Å²) >= 11 is 3.86. The molecular formula is C30H26S2. The zero-order valence-corrected chi connectivity index (χ0v) is 19.8. The highest BCUT2D eigenvalue weighted by molar-refractivity contribution is 8.09. The Balaban J connectivity index is 0.000000126. The monoisotopic (exact) mass is 450 g/mol. The molecule has 0 saturated carbocycles. The molecule has 158 valence electrons. The SMILES string of the molecule is C1=CC2=C(CC1)CCc1c2ccc2ccccc12.C1=CC2=C(CC1)Sc1ccccc1S2. The summed E-state index contributed by atoms with van der Waals surface area (Å²) in [6.45, 7) is 0. The molecule has 0 aromatic heterocycles. The molecule has 0 bridgehead atoms. The lowest BCUT2D eigenvalue weighted by Gasteiger charge is -2.25. The first kappa shape index (κ1) is 20.2. The predicted octanol–water partition coefficient (Wildman–Crippen LogP) is 9.34. The summed E-state index contributed by atoms with van der Waals surface area (Å²) in [5.41, 5.74) is 6.21. The Kier molecular flexibility index (Phi) is 5.58. The molecule has 3 aromatic rings. The standard InChI is InChI=1S/C18H16.C12H10S2/c1-3-7-15-13(5-1)9-11-18-16-8-4-2-6-14(16)10-12-17(15)18;1-2-6-10-9(5-1)13-11-7-3-4-8-12(11)14-10/h1,3-5,7-9,11H,2,6,10,12H2;1-3,5-7H,4,8H2. The summed E-state index contributed by atoms with van der Waals surface area (Å²) < 4.78 is 0. The molecule has 1 aliphatic heterocycles. The molecule has 3 aliphatic carbocycles. The molecule has 0 saturated heterocycles. The van der Waals surface area contributed by atoms with Gasteiger partial charge in [-0.2, -0.15) is 0 Å². The first-order valence-corrected chi connectivity index (χ1v) is 13.2. The quantitative estimate of drug-likeness (QED) is 0.334. The molecular weight excluding hydrogens is 424 g/mol. The maximum absolute atomic E-state index is 2.34. The smallest absolute Gasteiger partial charge is 0.0262 e. The fourth-order valence-corrected chi connectivity index (χ4v) is 7.47. The predicted molar refractivity (Wildman–Crippen MR) is 141 cm³/mol. The highest BCUT2D eigenvalue weighted by Gasteiger charge is 2.20. The van der Waals surface area contributed by atoms with Crippen LogP contribution in [0.15, 0.2) is 110 Å². The van der Waals surface area contributed by atoms with Gasteiger partial charge in [0.25, 0.3) is 0 Å². The normalized spacial score (nSPS) is 18.4. The van der Waals surface area contributed by atoms with Crippen LogP contribution in [0, 0.1) is 0 Å². The number of thioether (sulfide) groups is 2. The van der Waals surface area contributed by atoms with Crippen molar-refractivity contribution in [3.8, 4) is 0 Å². The summed E-state index contributed by atoms with van der Waals surface area (Å²) in [5.74, 6) is 0. The fourth-order valence-electron chi connectivity index (χ4n) is 5.07. The van der Waals surface area contributed by atoms with Gasteiger partial charge in [0.05, 0.1) is 0 Å². The van der Waals surface area contributed by atoms with Gasteiger partial charge in [0.2, 0.25) is 0 Å². The van der Waals surface area contributed by atoms with Gasteiger partial charge < -0.3 is 0 Å². The number of allylic oxidation sites excluding steroid dienone is 7. The number of benzene rings is 3. The molecule has 2 heteroatoms. The van der Waals surface area contributed by atoms with Gasteiger partial charge in [-0.25, -0.2) is 0 Å². The molecule has 4 aliphatic rings. The highest BCUT2D eigenvalue weighted by atomic mass is 32.2. The third-order valence-corrected chi connectivity index (χ3v) is 9.35. The fraction of sp³-hybridized carbons (Fsp3) is 0.200. The Morgan fingerprint density at radius 2 is 1.41 bits per heavy atom. The van der Waals surface area contributed by atoms with E-state index >= 15 is 0 Å². The molecule has 0 radical (unpaired) electrons. The van der Waals surface area contributed by atoms with Crippen molar-refractivity contribution >= 4 is 39.9 Å². The van der Waals surface area contributed by atoms with Crippen molar-refractivity contribution in [2.45, 2.75) is 48.3 Å². The zero-order chi connectivity index (χ0) is 21.3. The average molecular weight is 451 g/mol. The number of rotatable bonds is 0. The first-order valence-electron chi connectivity index (χ1n) is 11.6. The third-order valence-electron chi connectivity index (χ3n) is 6.67. The summed E-state index contributed by atoms with van der Waals surface area (Å²) in [6, 6.07) is 22.0. The van der Waals surface area contributed by atoms with Crippen molar-refractivity contribution in [1.82, 2.24) is 0 Å². The molecule has 0 unspecified atom stereocenters. The van der Waals surface area contributed by atoms with E-state index in [1.807, 2.05) is 23.5 Å². The van der Waals surface area contributed by atoms with Gasteiger partial charge in [-0.1, -0.05) is 102 Å². The third kappa shape index (κ3) is 3.80. The van der Waals surface area contributed by atoms with Crippen molar-refractivity contribution in [3.05, 3.63) is 111 Å². The first-order chi connectivity index (χ1) is 15.9. The number of aryl methyl sites for hydroxylation is 1. The average Bonchev–Trinajstić information content (AvgIpc) is 2.87. The lowest BCUT2D eigenvalue weighted by atomic mass is 9.80. The molecule has 0 N–H and O–H groups in total. The van der Waals surface area contributed by atoms with Crippen molar-refractivity contribution in [2.24, 2.45) is 0 Å².